The lowest BCUT2D eigenvalue weighted by molar-refractivity contribution is 0.0937. The van der Waals surface area contributed by atoms with Crippen LogP contribution in [0.1, 0.15) is 16.1 Å². The Labute approximate surface area is 117 Å². The molecule has 0 spiro atoms. The summed E-state index contributed by atoms with van der Waals surface area (Å²) in [5.41, 5.74) is 0.518. The van der Waals surface area contributed by atoms with Crippen molar-refractivity contribution < 1.29 is 13.9 Å². The first kappa shape index (κ1) is 14.1. The van der Waals surface area contributed by atoms with Gasteiger partial charge in [-0.15, -0.1) is 0 Å². The van der Waals surface area contributed by atoms with Crippen LogP contribution < -0.4 is 10.6 Å². The number of amides is 1. The Balaban J connectivity index is 1.84. The highest BCUT2D eigenvalue weighted by atomic mass is 16.5. The molecule has 0 radical (unpaired) electrons. The molecule has 0 saturated heterocycles. The summed E-state index contributed by atoms with van der Waals surface area (Å²) < 4.78 is 10.1. The Bertz CT molecular complexity index is 523. The minimum absolute atomic E-state index is 0.160. The first-order chi connectivity index (χ1) is 9.79. The van der Waals surface area contributed by atoms with Crippen molar-refractivity contribution in [3.63, 3.8) is 0 Å². The van der Waals surface area contributed by atoms with Gasteiger partial charge >= 0.3 is 0 Å². The molecule has 6 nitrogen and oxygen atoms in total. The third kappa shape index (κ3) is 4.10. The summed E-state index contributed by atoms with van der Waals surface area (Å²) >= 11 is 0. The number of aromatic nitrogens is 1. The molecule has 20 heavy (non-hydrogen) atoms. The summed E-state index contributed by atoms with van der Waals surface area (Å²) in [5.74, 6) is 1.36. The number of hydrogen-bond acceptors (Lipinski definition) is 5. The molecule has 6 heteroatoms. The Kier molecular flexibility index (Phi) is 5.14. The number of ether oxygens (including phenoxy) is 1. The normalized spacial score (nSPS) is 10.2. The molecular weight excluding hydrogens is 258 g/mol. The minimum Gasteiger partial charge on any atom is -0.467 e. The summed E-state index contributed by atoms with van der Waals surface area (Å²) in [6.45, 7) is 1.52. The van der Waals surface area contributed by atoms with Crippen LogP contribution in [0.25, 0.3) is 0 Å². The SMILES string of the molecule is COCCNC(=O)c1ccc(NCc2ccco2)nc1. The monoisotopic (exact) mass is 275 g/mol. The largest absolute Gasteiger partial charge is 0.467 e. The Hall–Kier alpha value is -2.34. The molecule has 2 heterocycles. The van der Waals surface area contributed by atoms with Gasteiger partial charge in [0.15, 0.2) is 0 Å². The number of furan rings is 1. The second kappa shape index (κ2) is 7.30. The molecule has 0 saturated carbocycles. The quantitative estimate of drug-likeness (QED) is 0.752. The topological polar surface area (TPSA) is 76.4 Å². The first-order valence-electron chi connectivity index (χ1n) is 6.29. The van der Waals surface area contributed by atoms with Gasteiger partial charge in [0.2, 0.25) is 0 Å². The maximum atomic E-state index is 11.7. The molecule has 0 atom stereocenters. The fourth-order valence-corrected chi connectivity index (χ4v) is 1.59. The standard InChI is InChI=1S/C14H17N3O3/c1-19-8-6-15-14(18)11-4-5-13(16-9-11)17-10-12-3-2-7-20-12/h2-5,7,9H,6,8,10H2,1H3,(H,15,18)(H,16,17). The van der Waals surface area contributed by atoms with Crippen molar-refractivity contribution in [1.29, 1.82) is 0 Å². The Morgan fingerprint density at radius 1 is 1.40 bits per heavy atom. The van der Waals surface area contributed by atoms with Gasteiger partial charge < -0.3 is 19.8 Å². The highest BCUT2D eigenvalue weighted by Gasteiger charge is 2.05. The van der Waals surface area contributed by atoms with Crippen molar-refractivity contribution in [1.82, 2.24) is 10.3 Å². The predicted molar refractivity (Wildman–Crippen MR) is 74.5 cm³/mol. The van der Waals surface area contributed by atoms with Crippen molar-refractivity contribution in [2.75, 3.05) is 25.6 Å². The van der Waals surface area contributed by atoms with E-state index in [1.54, 1.807) is 25.5 Å². The van der Waals surface area contributed by atoms with Gasteiger partial charge in [0.1, 0.15) is 11.6 Å². The van der Waals surface area contributed by atoms with E-state index in [0.29, 0.717) is 31.1 Å². The number of anilines is 1. The van der Waals surface area contributed by atoms with Crippen LogP contribution in [0.2, 0.25) is 0 Å². The molecule has 2 rings (SSSR count). The average Bonchev–Trinajstić information content (AvgIpc) is 2.99. The average molecular weight is 275 g/mol. The lowest BCUT2D eigenvalue weighted by Crippen LogP contribution is -2.27. The van der Waals surface area contributed by atoms with Crippen LogP contribution in [0.4, 0.5) is 5.82 Å². The summed E-state index contributed by atoms with van der Waals surface area (Å²) in [4.78, 5) is 15.9. The van der Waals surface area contributed by atoms with E-state index in [1.165, 1.54) is 6.20 Å². The number of methoxy groups -OCH3 is 1. The highest BCUT2D eigenvalue weighted by Crippen LogP contribution is 2.08. The van der Waals surface area contributed by atoms with Crippen molar-refractivity contribution >= 4 is 11.7 Å². The van der Waals surface area contributed by atoms with E-state index in [-0.39, 0.29) is 5.91 Å². The maximum Gasteiger partial charge on any atom is 0.252 e. The highest BCUT2D eigenvalue weighted by molar-refractivity contribution is 5.94. The molecule has 0 aliphatic rings. The zero-order chi connectivity index (χ0) is 14.2. The molecule has 2 aromatic rings. The summed E-state index contributed by atoms with van der Waals surface area (Å²) in [7, 11) is 1.59. The van der Waals surface area contributed by atoms with Crippen molar-refractivity contribution in [2.24, 2.45) is 0 Å². The van der Waals surface area contributed by atoms with Crippen molar-refractivity contribution in [2.45, 2.75) is 6.54 Å². The van der Waals surface area contributed by atoms with Crippen molar-refractivity contribution in [3.8, 4) is 0 Å². The number of pyridine rings is 1. The number of hydrogen-bond donors (Lipinski definition) is 2. The van der Waals surface area contributed by atoms with Gasteiger partial charge in [-0.25, -0.2) is 4.98 Å². The van der Waals surface area contributed by atoms with Gasteiger partial charge in [-0.1, -0.05) is 0 Å². The number of carbonyl (C=O) groups excluding carboxylic acids is 1. The van der Waals surface area contributed by atoms with Crippen LogP contribution in [0.5, 0.6) is 0 Å². The first-order valence-corrected chi connectivity index (χ1v) is 6.29. The molecule has 0 fully saturated rings. The molecular formula is C14H17N3O3. The third-order valence-electron chi connectivity index (χ3n) is 2.64. The van der Waals surface area contributed by atoms with Gasteiger partial charge in [0.05, 0.1) is 25.0 Å². The van der Waals surface area contributed by atoms with Gasteiger partial charge in [0.25, 0.3) is 5.91 Å². The fourth-order valence-electron chi connectivity index (χ4n) is 1.59. The number of nitrogens with zero attached hydrogens (tertiary/aromatic N) is 1. The minimum atomic E-state index is -0.160. The fraction of sp³-hybridized carbons (Fsp3) is 0.286. The molecule has 1 amide bonds. The van der Waals surface area contributed by atoms with E-state index < -0.39 is 0 Å². The summed E-state index contributed by atoms with van der Waals surface area (Å²) in [5, 5.41) is 5.84. The second-order valence-electron chi connectivity index (χ2n) is 4.11. The third-order valence-corrected chi connectivity index (χ3v) is 2.64. The van der Waals surface area contributed by atoms with E-state index in [1.807, 2.05) is 12.1 Å². The number of nitrogens with one attached hydrogen (secondary N) is 2. The van der Waals surface area contributed by atoms with Crippen LogP contribution in [0.15, 0.2) is 41.1 Å². The van der Waals surface area contributed by atoms with E-state index in [4.69, 9.17) is 9.15 Å². The maximum absolute atomic E-state index is 11.7. The smallest absolute Gasteiger partial charge is 0.252 e. The van der Waals surface area contributed by atoms with Crippen molar-refractivity contribution in [3.05, 3.63) is 48.0 Å². The zero-order valence-electron chi connectivity index (χ0n) is 11.3. The predicted octanol–water partition coefficient (Wildman–Crippen LogP) is 1.66. The van der Waals surface area contributed by atoms with Crippen LogP contribution >= 0.6 is 0 Å². The van der Waals surface area contributed by atoms with E-state index in [9.17, 15) is 4.79 Å². The summed E-state index contributed by atoms with van der Waals surface area (Å²) in [6.07, 6.45) is 3.16. The molecule has 0 aliphatic heterocycles. The van der Waals surface area contributed by atoms with Crippen LogP contribution in [-0.4, -0.2) is 31.2 Å². The number of carbonyl (C=O) groups is 1. The van der Waals surface area contributed by atoms with Gasteiger partial charge in [-0.05, 0) is 24.3 Å². The zero-order valence-corrected chi connectivity index (χ0v) is 11.3. The molecule has 2 aromatic heterocycles. The van der Waals surface area contributed by atoms with Gasteiger partial charge in [-0.2, -0.15) is 0 Å². The van der Waals surface area contributed by atoms with Gasteiger partial charge in [-0.3, -0.25) is 4.79 Å². The molecule has 2 N–H and O–H groups in total. The number of rotatable bonds is 7. The Morgan fingerprint density at radius 2 is 2.30 bits per heavy atom. The van der Waals surface area contributed by atoms with Crippen LogP contribution in [0.3, 0.4) is 0 Å². The van der Waals surface area contributed by atoms with E-state index >= 15 is 0 Å². The van der Waals surface area contributed by atoms with Crippen LogP contribution in [0, 0.1) is 0 Å². The van der Waals surface area contributed by atoms with E-state index in [0.717, 1.165) is 5.76 Å². The lowest BCUT2D eigenvalue weighted by atomic mass is 10.2. The molecule has 0 aliphatic carbocycles. The summed E-state index contributed by atoms with van der Waals surface area (Å²) in [6, 6.07) is 7.19. The molecule has 0 aromatic carbocycles. The van der Waals surface area contributed by atoms with E-state index in [2.05, 4.69) is 15.6 Å². The van der Waals surface area contributed by atoms with Gasteiger partial charge in [0, 0.05) is 19.9 Å². The molecule has 106 valence electrons. The lowest BCUT2D eigenvalue weighted by Gasteiger charge is -2.06. The Morgan fingerprint density at radius 3 is 2.95 bits per heavy atom. The second-order valence-corrected chi connectivity index (χ2v) is 4.11. The van der Waals surface area contributed by atoms with Crippen LogP contribution in [-0.2, 0) is 11.3 Å². The molecule has 0 unspecified atom stereocenters. The molecule has 0 bridgehead atoms.